The van der Waals surface area contributed by atoms with E-state index < -0.39 is 23.8 Å². The van der Waals surface area contributed by atoms with E-state index in [-0.39, 0.29) is 21.1 Å². The Morgan fingerprint density at radius 1 is 0.455 bits per heavy atom. The number of hydrogen-bond donors (Lipinski definition) is 0. The van der Waals surface area contributed by atoms with Crippen molar-refractivity contribution in [2.24, 2.45) is 0 Å². The van der Waals surface area contributed by atoms with Gasteiger partial charge in [-0.2, -0.15) is 0 Å². The van der Waals surface area contributed by atoms with Gasteiger partial charge in [-0.3, -0.25) is 0 Å². The third-order valence-electron chi connectivity index (χ3n) is 0. The van der Waals surface area contributed by atoms with E-state index in [1.807, 2.05) is 0 Å². The fourth-order valence-corrected chi connectivity index (χ4v) is 0. The maximum atomic E-state index is 5.01. The van der Waals surface area contributed by atoms with Crippen molar-refractivity contribution in [2.45, 2.75) is 0 Å². The van der Waals surface area contributed by atoms with Gasteiger partial charge in [-0.05, 0) is 0 Å². The predicted molar refractivity (Wildman–Crippen MR) is 46.8 cm³/mol. The number of hydrogen-bond acceptors (Lipinski definition) is 0. The summed E-state index contributed by atoms with van der Waals surface area (Å²) >= 11 is -6.11. The van der Waals surface area contributed by atoms with E-state index in [4.69, 9.17) is 75.3 Å². The second-order valence-electron chi connectivity index (χ2n) is 0.542. The molecule has 0 nitrogen and oxygen atoms in total. The molecule has 11 heteroatoms. The van der Waals surface area contributed by atoms with E-state index in [2.05, 4.69) is 0 Å². The number of halogens is 8. The van der Waals surface area contributed by atoms with Crippen LogP contribution in [0.2, 0.25) is 0 Å². The minimum absolute atomic E-state index is 0. The molecule has 0 spiro atoms. The first kappa shape index (κ1) is 20.8. The minimum Gasteiger partial charge on any atom is 4.00 e. The van der Waals surface area contributed by atoms with Crippen LogP contribution in [0.1, 0.15) is 0 Å². The van der Waals surface area contributed by atoms with Crippen molar-refractivity contribution in [1.29, 1.82) is 0 Å². The molecule has 0 N–H and O–H groups in total. The van der Waals surface area contributed by atoms with Crippen LogP contribution in [-0.2, 0) is 44.9 Å². The van der Waals surface area contributed by atoms with Gasteiger partial charge in [0.2, 0.25) is 0 Å². The summed E-state index contributed by atoms with van der Waals surface area (Å²) < 4.78 is 0. The van der Waals surface area contributed by atoms with E-state index in [0.29, 0.717) is 0 Å². The van der Waals surface area contributed by atoms with Crippen molar-refractivity contribution in [3.8, 4) is 0 Å². The van der Waals surface area contributed by atoms with Gasteiger partial charge < -0.3 is 0 Å². The van der Waals surface area contributed by atoms with Crippen molar-refractivity contribution in [1.82, 2.24) is 0 Å². The zero-order chi connectivity index (χ0) is 9.00. The van der Waals surface area contributed by atoms with Gasteiger partial charge in [0.1, 0.15) is 0 Å². The Morgan fingerprint density at radius 2 is 0.455 bits per heavy atom. The summed E-state index contributed by atoms with van der Waals surface area (Å²) in [5.74, 6) is 0. The second-order valence-corrected chi connectivity index (χ2v) is 39.9. The molecule has 11 heavy (non-hydrogen) atoms. The summed E-state index contributed by atoms with van der Waals surface area (Å²) in [4.78, 5) is 0. The van der Waals surface area contributed by atoms with Crippen molar-refractivity contribution < 1.29 is 44.9 Å². The summed E-state index contributed by atoms with van der Waals surface area (Å²) in [6, 6.07) is 0. The van der Waals surface area contributed by atoms with Crippen LogP contribution in [-0.4, -0.2) is 0 Å². The van der Waals surface area contributed by atoms with Crippen LogP contribution in [0, 0.1) is 0 Å². The van der Waals surface area contributed by atoms with E-state index in [0.717, 1.165) is 0 Å². The molecule has 0 aliphatic rings. The first-order valence-electron chi connectivity index (χ1n) is 0.956. The van der Waals surface area contributed by atoms with Crippen molar-refractivity contribution in [3.63, 3.8) is 0 Å². The van der Waals surface area contributed by atoms with E-state index >= 15 is 0 Å². The molecule has 0 aliphatic heterocycles. The molecule has 0 rings (SSSR count). The van der Waals surface area contributed by atoms with Crippen LogP contribution in [0.4, 0.5) is 0 Å². The van der Waals surface area contributed by atoms with Crippen LogP contribution in [0.5, 0.6) is 0 Å². The monoisotopic (exact) mass is 865 g/mol. The van der Waals surface area contributed by atoms with Crippen LogP contribution in [0.3, 0.4) is 0 Å². The summed E-state index contributed by atoms with van der Waals surface area (Å²) in [6.45, 7) is 0. The molecule has 0 fully saturated rings. The fraction of sp³-hybridized carbons (Fsp3) is 0. The van der Waals surface area contributed by atoms with Crippen molar-refractivity contribution in [2.75, 3.05) is 0 Å². The van der Waals surface area contributed by atoms with Gasteiger partial charge in [-0.25, -0.2) is 0 Å². The van der Waals surface area contributed by atoms with E-state index in [1.165, 1.54) is 0 Å². The van der Waals surface area contributed by atoms with Gasteiger partial charge in [-0.15, -0.1) is 0 Å². The molecule has 0 amide bonds. The van der Waals surface area contributed by atoms with Crippen LogP contribution in [0.25, 0.3) is 0 Å². The predicted octanol–water partition coefficient (Wildman–Crippen LogP) is 5.51. The van der Waals surface area contributed by atoms with Crippen LogP contribution in [0.15, 0.2) is 0 Å². The summed E-state index contributed by atoms with van der Waals surface area (Å²) in [5, 5.41) is 0. The van der Waals surface area contributed by atoms with Crippen molar-refractivity contribution in [3.05, 3.63) is 0 Å². The summed E-state index contributed by atoms with van der Waals surface area (Å²) in [5.41, 5.74) is 0. The van der Waals surface area contributed by atoms with Gasteiger partial charge >= 0.3 is 120 Å². The molecule has 0 unspecified atom stereocenters. The normalized spacial score (nSPS) is 13.8. The fourth-order valence-electron chi connectivity index (χ4n) is 0. The van der Waals surface area contributed by atoms with E-state index in [9.17, 15) is 0 Å². The molecule has 86 valence electrons. The standard InChI is InChI=1S/8ClH.3Pt/h8*1H;;;/q;;;;;;;;2*+2;+4/p-8. The molecule has 0 aliphatic carbocycles. The Hall–Kier alpha value is 4.38. The Kier molecular flexibility index (Phi) is 18.1. The molecule has 0 heterocycles. The van der Waals surface area contributed by atoms with Crippen molar-refractivity contribution >= 4 is 75.3 Å². The average molecular weight is 869 g/mol. The van der Waals surface area contributed by atoms with Crippen LogP contribution >= 0.6 is 75.3 Å². The quantitative estimate of drug-likeness (QED) is 0.302. The molecular formula is Cl8Pt3. The Bertz CT molecular complexity index is 52.3. The van der Waals surface area contributed by atoms with Gasteiger partial charge in [0.25, 0.3) is 0 Å². The number of rotatable bonds is 0. The van der Waals surface area contributed by atoms with Gasteiger partial charge in [0, 0.05) is 0 Å². The maximum Gasteiger partial charge on any atom is 4.00 e. The SMILES string of the molecule is [Cl][Pt-2]([Cl])([Cl])[Cl].[Cl][Pt-2]([Cl])([Cl])[Cl].[Pt+4]. The molecule has 0 aromatic rings. The van der Waals surface area contributed by atoms with Gasteiger partial charge in [0.15, 0.2) is 0 Å². The van der Waals surface area contributed by atoms with E-state index in [1.54, 1.807) is 0 Å². The summed E-state index contributed by atoms with van der Waals surface area (Å²) in [6.07, 6.45) is 0. The first-order chi connectivity index (χ1) is 4.00. The zero-order valence-corrected chi connectivity index (χ0v) is 16.8. The summed E-state index contributed by atoms with van der Waals surface area (Å²) in [7, 11) is 40.1. The molecule has 0 saturated heterocycles. The molecule has 0 radical (unpaired) electrons. The maximum absolute atomic E-state index is 5.01. The smallest absolute Gasteiger partial charge is 4.00 e. The molecule has 0 saturated carbocycles. The zero-order valence-electron chi connectivity index (χ0n) is 3.97. The third kappa shape index (κ3) is 115. The molecule has 0 aromatic heterocycles. The largest absolute Gasteiger partial charge is 4.00 e. The Morgan fingerprint density at radius 3 is 0.455 bits per heavy atom. The Labute approximate surface area is 118 Å². The third-order valence-corrected chi connectivity index (χ3v) is 0. The topological polar surface area (TPSA) is 0 Å². The van der Waals surface area contributed by atoms with Gasteiger partial charge in [-0.1, -0.05) is 0 Å². The van der Waals surface area contributed by atoms with Crippen LogP contribution < -0.4 is 0 Å². The Balaban J connectivity index is -0.000000107. The second kappa shape index (κ2) is 9.60. The molecule has 0 aromatic carbocycles. The first-order valence-corrected chi connectivity index (χ1v) is 23.5. The molecule has 0 atom stereocenters. The molecule has 0 bridgehead atoms. The van der Waals surface area contributed by atoms with Gasteiger partial charge in [0.05, 0.1) is 0 Å². The molecular weight excluding hydrogens is 869 g/mol. The minimum atomic E-state index is -3.06. The average Bonchev–Trinajstić information content (AvgIpc) is 1.12.